The van der Waals surface area contributed by atoms with Crippen LogP contribution < -0.4 is 11.1 Å². The quantitative estimate of drug-likeness (QED) is 0.652. The van der Waals surface area contributed by atoms with Crippen LogP contribution in [0.5, 0.6) is 0 Å². The van der Waals surface area contributed by atoms with Crippen molar-refractivity contribution in [1.29, 1.82) is 0 Å². The molecular formula is C9H17N3O2S. The SMILES string of the molecule is CC1CN(C(=O)CSCC(N)=O)CCN1. The van der Waals surface area contributed by atoms with Crippen molar-refractivity contribution in [2.45, 2.75) is 13.0 Å². The standard InChI is InChI=1S/C9H17N3O2S/c1-7-4-12(3-2-11-7)9(14)6-15-5-8(10)13/h7,11H,2-6H2,1H3,(H2,10,13). The van der Waals surface area contributed by atoms with E-state index in [4.69, 9.17) is 5.73 Å². The summed E-state index contributed by atoms with van der Waals surface area (Å²) in [6.45, 7) is 4.39. The van der Waals surface area contributed by atoms with E-state index in [2.05, 4.69) is 12.2 Å². The minimum atomic E-state index is -0.374. The number of carbonyl (C=O) groups is 2. The van der Waals surface area contributed by atoms with Crippen LogP contribution in [0.25, 0.3) is 0 Å². The molecule has 1 rings (SSSR count). The molecule has 0 radical (unpaired) electrons. The predicted molar refractivity (Wildman–Crippen MR) is 60.6 cm³/mol. The highest BCUT2D eigenvalue weighted by Crippen LogP contribution is 2.05. The Kier molecular flexibility index (Phi) is 4.90. The molecule has 0 spiro atoms. The Morgan fingerprint density at radius 2 is 2.27 bits per heavy atom. The molecule has 86 valence electrons. The van der Waals surface area contributed by atoms with Crippen molar-refractivity contribution >= 4 is 23.6 Å². The molecule has 0 aromatic rings. The minimum absolute atomic E-state index is 0.0922. The fourth-order valence-electron chi connectivity index (χ4n) is 1.49. The van der Waals surface area contributed by atoms with Gasteiger partial charge in [-0.2, -0.15) is 0 Å². The van der Waals surface area contributed by atoms with Crippen LogP contribution in [-0.4, -0.2) is 53.9 Å². The molecule has 0 saturated carbocycles. The van der Waals surface area contributed by atoms with Gasteiger partial charge in [0.05, 0.1) is 11.5 Å². The van der Waals surface area contributed by atoms with Crippen LogP contribution >= 0.6 is 11.8 Å². The van der Waals surface area contributed by atoms with Crippen LogP contribution in [0.2, 0.25) is 0 Å². The second-order valence-corrected chi connectivity index (χ2v) is 4.64. The summed E-state index contributed by atoms with van der Waals surface area (Å²) >= 11 is 1.28. The van der Waals surface area contributed by atoms with Gasteiger partial charge < -0.3 is 16.0 Å². The smallest absolute Gasteiger partial charge is 0.232 e. The third-order valence-corrected chi connectivity index (χ3v) is 3.13. The summed E-state index contributed by atoms with van der Waals surface area (Å²) < 4.78 is 0. The lowest BCUT2D eigenvalue weighted by atomic mass is 10.2. The van der Waals surface area contributed by atoms with E-state index < -0.39 is 0 Å². The summed E-state index contributed by atoms with van der Waals surface area (Å²) in [5.41, 5.74) is 4.98. The molecule has 0 aromatic carbocycles. The maximum Gasteiger partial charge on any atom is 0.232 e. The predicted octanol–water partition coefficient (Wildman–Crippen LogP) is -0.975. The Bertz CT molecular complexity index is 248. The largest absolute Gasteiger partial charge is 0.369 e. The van der Waals surface area contributed by atoms with Crippen LogP contribution in [0.3, 0.4) is 0 Å². The highest BCUT2D eigenvalue weighted by atomic mass is 32.2. The van der Waals surface area contributed by atoms with Gasteiger partial charge in [-0.15, -0.1) is 11.8 Å². The summed E-state index contributed by atoms with van der Waals surface area (Å²) in [7, 11) is 0. The molecule has 0 aliphatic carbocycles. The first-order chi connectivity index (χ1) is 7.09. The van der Waals surface area contributed by atoms with Crippen molar-refractivity contribution in [3.63, 3.8) is 0 Å². The molecule has 1 saturated heterocycles. The first-order valence-corrected chi connectivity index (χ1v) is 6.12. The van der Waals surface area contributed by atoms with Gasteiger partial charge in [-0.05, 0) is 6.92 Å². The maximum atomic E-state index is 11.7. The zero-order valence-electron chi connectivity index (χ0n) is 8.86. The molecule has 1 aliphatic heterocycles. The van der Waals surface area contributed by atoms with Gasteiger partial charge in [0.25, 0.3) is 0 Å². The van der Waals surface area contributed by atoms with E-state index in [9.17, 15) is 9.59 Å². The number of hydrogen-bond acceptors (Lipinski definition) is 4. The lowest BCUT2D eigenvalue weighted by molar-refractivity contribution is -0.129. The molecule has 0 bridgehead atoms. The lowest BCUT2D eigenvalue weighted by Gasteiger charge is -2.31. The normalized spacial score (nSPS) is 21.4. The molecule has 1 fully saturated rings. The number of primary amides is 1. The van der Waals surface area contributed by atoms with Crippen molar-refractivity contribution in [3.05, 3.63) is 0 Å². The number of nitrogens with zero attached hydrogens (tertiary/aromatic N) is 1. The van der Waals surface area contributed by atoms with E-state index >= 15 is 0 Å². The van der Waals surface area contributed by atoms with Crippen molar-refractivity contribution in [2.24, 2.45) is 5.73 Å². The monoisotopic (exact) mass is 231 g/mol. The number of carbonyl (C=O) groups excluding carboxylic acids is 2. The summed E-state index contributed by atoms with van der Waals surface area (Å²) in [5, 5.41) is 3.27. The van der Waals surface area contributed by atoms with Crippen molar-refractivity contribution in [1.82, 2.24) is 10.2 Å². The molecule has 1 atom stereocenters. The van der Waals surface area contributed by atoms with Gasteiger partial charge in [-0.1, -0.05) is 0 Å². The average Bonchev–Trinajstić information content (AvgIpc) is 2.17. The van der Waals surface area contributed by atoms with Crippen LogP contribution in [0, 0.1) is 0 Å². The van der Waals surface area contributed by atoms with Crippen molar-refractivity contribution in [3.8, 4) is 0 Å². The van der Waals surface area contributed by atoms with Crippen molar-refractivity contribution < 1.29 is 9.59 Å². The molecule has 5 nitrogen and oxygen atoms in total. The van der Waals surface area contributed by atoms with Gasteiger partial charge in [0, 0.05) is 25.7 Å². The Morgan fingerprint density at radius 3 is 2.87 bits per heavy atom. The molecule has 1 heterocycles. The zero-order chi connectivity index (χ0) is 11.3. The number of amides is 2. The molecule has 6 heteroatoms. The van der Waals surface area contributed by atoms with Crippen LogP contribution in [0.4, 0.5) is 0 Å². The van der Waals surface area contributed by atoms with E-state index in [0.717, 1.165) is 19.6 Å². The summed E-state index contributed by atoms with van der Waals surface area (Å²) in [4.78, 5) is 24.0. The first kappa shape index (κ1) is 12.3. The maximum absolute atomic E-state index is 11.7. The first-order valence-electron chi connectivity index (χ1n) is 4.97. The second kappa shape index (κ2) is 5.97. The number of thioether (sulfide) groups is 1. The topological polar surface area (TPSA) is 75.4 Å². The lowest BCUT2D eigenvalue weighted by Crippen LogP contribution is -2.51. The molecule has 1 unspecified atom stereocenters. The Morgan fingerprint density at radius 1 is 1.53 bits per heavy atom. The number of nitrogens with two attached hydrogens (primary N) is 1. The Balaban J connectivity index is 2.24. The van der Waals surface area contributed by atoms with Gasteiger partial charge in [0.15, 0.2) is 0 Å². The highest BCUT2D eigenvalue weighted by molar-refractivity contribution is 8.00. The molecular weight excluding hydrogens is 214 g/mol. The summed E-state index contributed by atoms with van der Waals surface area (Å²) in [6.07, 6.45) is 0. The van der Waals surface area contributed by atoms with E-state index in [1.54, 1.807) is 0 Å². The zero-order valence-corrected chi connectivity index (χ0v) is 9.68. The molecule has 1 aliphatic rings. The van der Waals surface area contributed by atoms with E-state index in [1.165, 1.54) is 11.8 Å². The van der Waals surface area contributed by atoms with Gasteiger partial charge >= 0.3 is 0 Å². The van der Waals surface area contributed by atoms with E-state index in [1.807, 2.05) is 4.90 Å². The van der Waals surface area contributed by atoms with Gasteiger partial charge in [0.1, 0.15) is 0 Å². The van der Waals surface area contributed by atoms with Gasteiger partial charge in [-0.25, -0.2) is 0 Å². The molecule has 0 aromatic heterocycles. The van der Waals surface area contributed by atoms with Gasteiger partial charge in [-0.3, -0.25) is 9.59 Å². The Hall–Kier alpha value is -0.750. The summed E-state index contributed by atoms with van der Waals surface area (Å²) in [6, 6.07) is 0.351. The van der Waals surface area contributed by atoms with E-state index in [-0.39, 0.29) is 17.6 Å². The second-order valence-electron chi connectivity index (χ2n) is 3.65. The Labute approximate surface area is 93.7 Å². The third-order valence-electron chi connectivity index (χ3n) is 2.19. The number of nitrogens with one attached hydrogen (secondary N) is 1. The number of piperazine rings is 1. The fourth-order valence-corrected chi connectivity index (χ4v) is 2.15. The summed E-state index contributed by atoms with van der Waals surface area (Å²) in [5.74, 6) is 0.277. The van der Waals surface area contributed by atoms with Crippen LogP contribution in [0.1, 0.15) is 6.92 Å². The number of rotatable bonds is 4. The van der Waals surface area contributed by atoms with Crippen molar-refractivity contribution in [2.75, 3.05) is 31.1 Å². The fraction of sp³-hybridized carbons (Fsp3) is 0.778. The van der Waals surface area contributed by atoms with E-state index in [0.29, 0.717) is 11.8 Å². The molecule has 3 N–H and O–H groups in total. The molecule has 2 amide bonds. The third kappa shape index (κ3) is 4.53. The van der Waals surface area contributed by atoms with Gasteiger partial charge in [0.2, 0.25) is 11.8 Å². The molecule has 15 heavy (non-hydrogen) atoms. The highest BCUT2D eigenvalue weighted by Gasteiger charge is 2.19. The minimum Gasteiger partial charge on any atom is -0.369 e. The van der Waals surface area contributed by atoms with Crippen LogP contribution in [-0.2, 0) is 9.59 Å². The average molecular weight is 231 g/mol. The number of hydrogen-bond donors (Lipinski definition) is 2. The van der Waals surface area contributed by atoms with Crippen LogP contribution in [0.15, 0.2) is 0 Å².